The van der Waals surface area contributed by atoms with Crippen LogP contribution in [0.4, 0.5) is 5.82 Å². The van der Waals surface area contributed by atoms with Crippen LogP contribution in [0.1, 0.15) is 6.42 Å². The standard InChI is InChI=1S/C10H12ClN5O/c11-10-15-8(7-9(16-10)14-5-13-7)12-3-6-1-2-17-4-6/h5-6H,1-4H2,(H2,12,13,14,15,16). The van der Waals surface area contributed by atoms with Crippen molar-refractivity contribution in [2.75, 3.05) is 25.1 Å². The first kappa shape index (κ1) is 10.7. The highest BCUT2D eigenvalue weighted by molar-refractivity contribution is 6.28. The lowest BCUT2D eigenvalue weighted by Gasteiger charge is -2.10. The lowest BCUT2D eigenvalue weighted by atomic mass is 10.1. The first-order valence-corrected chi connectivity index (χ1v) is 5.89. The Kier molecular flexibility index (Phi) is 2.82. The average Bonchev–Trinajstić information content (AvgIpc) is 2.95. The number of hydrogen-bond donors (Lipinski definition) is 2. The summed E-state index contributed by atoms with van der Waals surface area (Å²) in [5.74, 6) is 1.23. The minimum atomic E-state index is 0.203. The minimum absolute atomic E-state index is 0.203. The maximum absolute atomic E-state index is 5.84. The SMILES string of the molecule is Clc1nc(NCC2CCOC2)c2[nH]cnc2n1. The van der Waals surface area contributed by atoms with Crippen LogP contribution in [-0.2, 0) is 4.74 Å². The summed E-state index contributed by atoms with van der Waals surface area (Å²) in [4.78, 5) is 15.3. The van der Waals surface area contributed by atoms with Crippen molar-refractivity contribution in [3.63, 3.8) is 0 Å². The predicted molar refractivity (Wildman–Crippen MR) is 64.1 cm³/mol. The molecular weight excluding hydrogens is 242 g/mol. The van der Waals surface area contributed by atoms with Crippen LogP contribution >= 0.6 is 11.6 Å². The zero-order valence-electron chi connectivity index (χ0n) is 9.11. The lowest BCUT2D eigenvalue weighted by molar-refractivity contribution is 0.187. The first-order valence-electron chi connectivity index (χ1n) is 5.51. The van der Waals surface area contributed by atoms with E-state index in [1.165, 1.54) is 0 Å². The smallest absolute Gasteiger partial charge is 0.226 e. The molecule has 0 bridgehead atoms. The van der Waals surface area contributed by atoms with Crippen molar-refractivity contribution in [1.29, 1.82) is 0 Å². The summed E-state index contributed by atoms with van der Waals surface area (Å²) in [6.45, 7) is 2.47. The Morgan fingerprint density at radius 1 is 1.53 bits per heavy atom. The van der Waals surface area contributed by atoms with Gasteiger partial charge in [-0.05, 0) is 18.0 Å². The van der Waals surface area contributed by atoms with Crippen LogP contribution in [-0.4, -0.2) is 39.7 Å². The number of nitrogens with one attached hydrogen (secondary N) is 2. The Hall–Kier alpha value is -1.40. The summed E-state index contributed by atoms with van der Waals surface area (Å²) in [7, 11) is 0. The van der Waals surface area contributed by atoms with Crippen molar-refractivity contribution in [3.05, 3.63) is 11.6 Å². The highest BCUT2D eigenvalue weighted by Crippen LogP contribution is 2.20. The molecular formula is C10H12ClN5O. The molecule has 1 fully saturated rings. The maximum Gasteiger partial charge on any atom is 0.226 e. The van der Waals surface area contributed by atoms with Crippen molar-refractivity contribution >= 4 is 28.6 Å². The molecule has 0 saturated carbocycles. The highest BCUT2D eigenvalue weighted by atomic mass is 35.5. The second kappa shape index (κ2) is 4.46. The van der Waals surface area contributed by atoms with Gasteiger partial charge in [-0.15, -0.1) is 0 Å². The van der Waals surface area contributed by atoms with E-state index in [-0.39, 0.29) is 5.28 Å². The van der Waals surface area contributed by atoms with Gasteiger partial charge in [-0.1, -0.05) is 0 Å². The molecule has 0 aromatic carbocycles. The summed E-state index contributed by atoms with van der Waals surface area (Å²) in [5.41, 5.74) is 1.36. The summed E-state index contributed by atoms with van der Waals surface area (Å²) in [6, 6.07) is 0. The van der Waals surface area contributed by atoms with Crippen molar-refractivity contribution < 1.29 is 4.74 Å². The molecule has 0 amide bonds. The number of fused-ring (bicyclic) bond motifs is 1. The quantitative estimate of drug-likeness (QED) is 0.810. The van der Waals surface area contributed by atoms with Crippen LogP contribution in [0.2, 0.25) is 5.28 Å². The average molecular weight is 254 g/mol. The molecule has 2 aromatic rings. The second-order valence-corrected chi connectivity index (χ2v) is 4.39. The first-order chi connectivity index (χ1) is 8.33. The van der Waals surface area contributed by atoms with E-state index in [9.17, 15) is 0 Å². The number of H-pyrrole nitrogens is 1. The minimum Gasteiger partial charge on any atom is -0.381 e. The van der Waals surface area contributed by atoms with Crippen LogP contribution in [0.3, 0.4) is 0 Å². The van der Waals surface area contributed by atoms with Gasteiger partial charge >= 0.3 is 0 Å². The number of rotatable bonds is 3. The van der Waals surface area contributed by atoms with E-state index in [1.807, 2.05) is 0 Å². The number of aromatic nitrogens is 4. The highest BCUT2D eigenvalue weighted by Gasteiger charge is 2.16. The zero-order valence-corrected chi connectivity index (χ0v) is 9.87. The Labute approximate surface area is 103 Å². The third-order valence-corrected chi connectivity index (χ3v) is 3.01. The fraction of sp³-hybridized carbons (Fsp3) is 0.500. The number of aromatic amines is 1. The van der Waals surface area contributed by atoms with Crippen LogP contribution in [0.5, 0.6) is 0 Å². The molecule has 1 unspecified atom stereocenters. The molecule has 0 radical (unpaired) electrons. The molecule has 17 heavy (non-hydrogen) atoms. The Morgan fingerprint density at radius 3 is 3.29 bits per heavy atom. The zero-order chi connectivity index (χ0) is 11.7. The van der Waals surface area contributed by atoms with Crippen LogP contribution < -0.4 is 5.32 Å². The molecule has 6 nitrogen and oxygen atoms in total. The topological polar surface area (TPSA) is 75.7 Å². The summed E-state index contributed by atoms with van der Waals surface area (Å²) >= 11 is 5.84. The van der Waals surface area contributed by atoms with Gasteiger partial charge in [0.15, 0.2) is 11.5 Å². The van der Waals surface area contributed by atoms with Gasteiger partial charge in [0.05, 0.1) is 12.9 Å². The van der Waals surface area contributed by atoms with Gasteiger partial charge in [0.1, 0.15) is 5.52 Å². The van der Waals surface area contributed by atoms with Gasteiger partial charge in [0.2, 0.25) is 5.28 Å². The van der Waals surface area contributed by atoms with E-state index in [2.05, 4.69) is 25.3 Å². The van der Waals surface area contributed by atoms with Gasteiger partial charge < -0.3 is 15.0 Å². The van der Waals surface area contributed by atoms with Crippen molar-refractivity contribution in [1.82, 2.24) is 19.9 Å². The summed E-state index contributed by atoms with van der Waals surface area (Å²) in [6.07, 6.45) is 2.66. The Balaban J connectivity index is 1.81. The lowest BCUT2D eigenvalue weighted by Crippen LogP contribution is -2.15. The summed E-state index contributed by atoms with van der Waals surface area (Å²) in [5, 5.41) is 3.47. The molecule has 7 heteroatoms. The fourth-order valence-electron chi connectivity index (χ4n) is 1.92. The molecule has 2 N–H and O–H groups in total. The van der Waals surface area contributed by atoms with E-state index in [1.54, 1.807) is 6.33 Å². The second-order valence-electron chi connectivity index (χ2n) is 4.05. The Bertz CT molecular complexity index is 522. The Morgan fingerprint density at radius 2 is 2.47 bits per heavy atom. The van der Waals surface area contributed by atoms with Crippen LogP contribution in [0, 0.1) is 5.92 Å². The predicted octanol–water partition coefficient (Wildman–Crippen LogP) is 1.45. The van der Waals surface area contributed by atoms with Gasteiger partial charge in [0, 0.05) is 19.1 Å². The van der Waals surface area contributed by atoms with Gasteiger partial charge in [0.25, 0.3) is 0 Å². The third kappa shape index (κ3) is 2.18. The molecule has 1 aliphatic heterocycles. The number of anilines is 1. The van der Waals surface area contributed by atoms with Crippen LogP contribution in [0.25, 0.3) is 11.2 Å². The van der Waals surface area contributed by atoms with Crippen molar-refractivity contribution in [2.45, 2.75) is 6.42 Å². The molecule has 90 valence electrons. The normalized spacial score (nSPS) is 19.9. The fourth-order valence-corrected chi connectivity index (χ4v) is 2.08. The molecule has 1 aliphatic rings. The van der Waals surface area contributed by atoms with E-state index < -0.39 is 0 Å². The maximum atomic E-state index is 5.84. The van der Waals surface area contributed by atoms with Gasteiger partial charge in [-0.25, -0.2) is 4.98 Å². The van der Waals surface area contributed by atoms with Crippen molar-refractivity contribution in [2.24, 2.45) is 5.92 Å². The van der Waals surface area contributed by atoms with E-state index in [4.69, 9.17) is 16.3 Å². The molecule has 3 rings (SSSR count). The van der Waals surface area contributed by atoms with Gasteiger partial charge in [-0.3, -0.25) is 0 Å². The van der Waals surface area contributed by atoms with E-state index in [0.717, 1.165) is 31.7 Å². The number of nitrogens with zero attached hydrogens (tertiary/aromatic N) is 3. The monoisotopic (exact) mass is 253 g/mol. The van der Waals surface area contributed by atoms with E-state index in [0.29, 0.717) is 17.4 Å². The number of halogens is 1. The van der Waals surface area contributed by atoms with E-state index >= 15 is 0 Å². The molecule has 1 atom stereocenters. The molecule has 0 spiro atoms. The molecule has 3 heterocycles. The molecule has 2 aromatic heterocycles. The number of imidazole rings is 1. The summed E-state index contributed by atoms with van der Waals surface area (Å²) < 4.78 is 5.32. The third-order valence-electron chi connectivity index (χ3n) is 2.84. The number of ether oxygens (including phenoxy) is 1. The molecule has 1 saturated heterocycles. The largest absolute Gasteiger partial charge is 0.381 e. The van der Waals surface area contributed by atoms with Gasteiger partial charge in [-0.2, -0.15) is 9.97 Å². The number of hydrogen-bond acceptors (Lipinski definition) is 5. The van der Waals surface area contributed by atoms with Crippen molar-refractivity contribution in [3.8, 4) is 0 Å². The molecule has 0 aliphatic carbocycles. The van der Waals surface area contributed by atoms with Crippen LogP contribution in [0.15, 0.2) is 6.33 Å².